The number of amides is 1. The van der Waals surface area contributed by atoms with Crippen molar-refractivity contribution in [3.63, 3.8) is 0 Å². The van der Waals surface area contributed by atoms with Crippen LogP contribution >= 0.6 is 0 Å². The van der Waals surface area contributed by atoms with E-state index in [0.717, 1.165) is 24.2 Å². The van der Waals surface area contributed by atoms with E-state index in [2.05, 4.69) is 11.7 Å². The molecule has 22 heavy (non-hydrogen) atoms. The predicted octanol–water partition coefficient (Wildman–Crippen LogP) is 3.06. The summed E-state index contributed by atoms with van der Waals surface area (Å²) in [5.41, 5.74) is 0.971. The van der Waals surface area contributed by atoms with E-state index in [1.54, 1.807) is 7.05 Å². The molecule has 0 bridgehead atoms. The topological polar surface area (TPSA) is 55.8 Å². The summed E-state index contributed by atoms with van der Waals surface area (Å²) in [5, 5.41) is 0. The van der Waals surface area contributed by atoms with Gasteiger partial charge in [0.1, 0.15) is 5.75 Å². The van der Waals surface area contributed by atoms with Gasteiger partial charge in [-0.05, 0) is 31.0 Å². The van der Waals surface area contributed by atoms with Crippen molar-refractivity contribution in [2.24, 2.45) is 0 Å². The lowest BCUT2D eigenvalue weighted by Gasteiger charge is -2.24. The van der Waals surface area contributed by atoms with Crippen LogP contribution in [-0.2, 0) is 16.0 Å². The predicted molar refractivity (Wildman–Crippen MR) is 85.2 cm³/mol. The van der Waals surface area contributed by atoms with Gasteiger partial charge in [-0.15, -0.1) is 0 Å². The van der Waals surface area contributed by atoms with Gasteiger partial charge in [0.25, 0.3) is 0 Å². The highest BCUT2D eigenvalue weighted by atomic mass is 16.5. The van der Waals surface area contributed by atoms with Crippen molar-refractivity contribution in [2.75, 3.05) is 20.8 Å². The van der Waals surface area contributed by atoms with Crippen LogP contribution in [0.5, 0.6) is 5.75 Å². The Morgan fingerprint density at radius 3 is 2.36 bits per heavy atom. The molecule has 0 aromatic heterocycles. The Morgan fingerprint density at radius 2 is 1.86 bits per heavy atom. The molecule has 0 aliphatic rings. The highest BCUT2D eigenvalue weighted by Gasteiger charge is 2.24. The van der Waals surface area contributed by atoms with E-state index >= 15 is 0 Å². The minimum Gasteiger partial charge on any atom is -0.494 e. The summed E-state index contributed by atoms with van der Waals surface area (Å²) in [7, 11) is 2.87. The molecule has 0 aliphatic carbocycles. The number of unbranched alkanes of at least 4 members (excludes halogenated alkanes) is 1. The van der Waals surface area contributed by atoms with Gasteiger partial charge >= 0.3 is 6.09 Å². The molecule has 0 saturated heterocycles. The number of Topliss-reactive ketones (excluding diaryl/α,β-unsaturated/α-hetero) is 1. The molecule has 1 rings (SSSR count). The number of carbonyl (C=O) groups is 2. The normalized spacial score (nSPS) is 11.6. The molecular formula is C17H25NO4. The first kappa shape index (κ1) is 18.0. The van der Waals surface area contributed by atoms with Crippen molar-refractivity contribution in [1.82, 2.24) is 4.90 Å². The second-order valence-electron chi connectivity index (χ2n) is 5.26. The van der Waals surface area contributed by atoms with Crippen LogP contribution in [-0.4, -0.2) is 43.6 Å². The monoisotopic (exact) mass is 307 g/mol. The SMILES string of the molecule is CCCCOc1ccc(C[C@@H](C(C)=O)N(C)C(=O)OC)cc1. The van der Waals surface area contributed by atoms with Gasteiger partial charge in [-0.3, -0.25) is 4.79 Å². The summed E-state index contributed by atoms with van der Waals surface area (Å²) >= 11 is 0. The van der Waals surface area contributed by atoms with Crippen LogP contribution in [0.15, 0.2) is 24.3 Å². The van der Waals surface area contributed by atoms with Crippen molar-refractivity contribution >= 4 is 11.9 Å². The summed E-state index contributed by atoms with van der Waals surface area (Å²) in [6.07, 6.45) is 2.06. The Labute approximate surface area is 132 Å². The number of ether oxygens (including phenoxy) is 2. The van der Waals surface area contributed by atoms with Crippen LogP contribution in [0.2, 0.25) is 0 Å². The minimum absolute atomic E-state index is 0.0730. The Bertz CT molecular complexity index is 484. The molecule has 1 aromatic carbocycles. The summed E-state index contributed by atoms with van der Waals surface area (Å²) in [4.78, 5) is 24.7. The molecule has 0 N–H and O–H groups in total. The number of likely N-dealkylation sites (N-methyl/N-ethyl adjacent to an activating group) is 1. The summed E-state index contributed by atoms with van der Waals surface area (Å²) in [6, 6.07) is 7.09. The summed E-state index contributed by atoms with van der Waals surface area (Å²) in [5.74, 6) is 0.745. The van der Waals surface area contributed by atoms with Crippen molar-refractivity contribution in [1.29, 1.82) is 0 Å². The average Bonchev–Trinajstić information content (AvgIpc) is 2.52. The number of hydrogen-bond acceptors (Lipinski definition) is 4. The average molecular weight is 307 g/mol. The van der Waals surface area contributed by atoms with Gasteiger partial charge in [0.2, 0.25) is 0 Å². The quantitative estimate of drug-likeness (QED) is 0.693. The highest BCUT2D eigenvalue weighted by Crippen LogP contribution is 2.16. The van der Waals surface area contributed by atoms with E-state index in [1.807, 2.05) is 24.3 Å². The Morgan fingerprint density at radius 1 is 1.23 bits per heavy atom. The van der Waals surface area contributed by atoms with Crippen LogP contribution in [0, 0.1) is 0 Å². The van der Waals surface area contributed by atoms with Crippen molar-refractivity contribution in [3.05, 3.63) is 29.8 Å². The van der Waals surface area contributed by atoms with Crippen LogP contribution < -0.4 is 4.74 Å². The van der Waals surface area contributed by atoms with E-state index < -0.39 is 12.1 Å². The zero-order chi connectivity index (χ0) is 16.5. The summed E-state index contributed by atoms with van der Waals surface area (Å²) in [6.45, 7) is 4.30. The Kier molecular flexibility index (Phi) is 7.43. The van der Waals surface area contributed by atoms with Crippen molar-refractivity contribution in [3.8, 4) is 5.75 Å². The fraction of sp³-hybridized carbons (Fsp3) is 0.529. The second kappa shape index (κ2) is 9.07. The molecule has 0 unspecified atom stereocenters. The third-order valence-corrected chi connectivity index (χ3v) is 3.52. The van der Waals surface area contributed by atoms with Gasteiger partial charge in [-0.2, -0.15) is 0 Å². The lowest BCUT2D eigenvalue weighted by Crippen LogP contribution is -2.42. The van der Waals surface area contributed by atoms with Gasteiger partial charge in [-0.1, -0.05) is 25.5 Å². The molecule has 1 amide bonds. The van der Waals surface area contributed by atoms with Gasteiger partial charge in [0.05, 0.1) is 19.8 Å². The van der Waals surface area contributed by atoms with Crippen LogP contribution in [0.25, 0.3) is 0 Å². The maximum absolute atomic E-state index is 11.8. The molecule has 0 heterocycles. The molecule has 122 valence electrons. The summed E-state index contributed by atoms with van der Waals surface area (Å²) < 4.78 is 10.3. The standard InChI is InChI=1S/C17H25NO4/c1-5-6-11-22-15-9-7-14(8-10-15)12-16(13(2)19)18(3)17(20)21-4/h7-10,16H,5-6,11-12H2,1-4H3/t16-/m0/s1. The fourth-order valence-electron chi connectivity index (χ4n) is 2.10. The molecule has 1 aromatic rings. The van der Waals surface area contributed by atoms with Crippen LogP contribution in [0.1, 0.15) is 32.3 Å². The van der Waals surface area contributed by atoms with Gasteiger partial charge in [0, 0.05) is 13.5 Å². The molecule has 0 radical (unpaired) electrons. The van der Waals surface area contributed by atoms with Crippen LogP contribution in [0.4, 0.5) is 4.79 Å². The molecule has 1 atom stereocenters. The maximum atomic E-state index is 11.8. The van der Waals surface area contributed by atoms with Gasteiger partial charge in [-0.25, -0.2) is 4.79 Å². The molecule has 5 nitrogen and oxygen atoms in total. The number of methoxy groups -OCH3 is 1. The lowest BCUT2D eigenvalue weighted by atomic mass is 10.0. The number of carbonyl (C=O) groups excluding carboxylic acids is 2. The lowest BCUT2D eigenvalue weighted by molar-refractivity contribution is -0.121. The second-order valence-corrected chi connectivity index (χ2v) is 5.26. The molecule has 0 spiro atoms. The number of ketones is 1. The smallest absolute Gasteiger partial charge is 0.409 e. The van der Waals surface area contributed by atoms with Gasteiger partial charge in [0.15, 0.2) is 5.78 Å². The van der Waals surface area contributed by atoms with Gasteiger partial charge < -0.3 is 14.4 Å². The number of rotatable bonds is 8. The zero-order valence-corrected chi connectivity index (χ0v) is 13.8. The molecule has 0 saturated carbocycles. The van der Waals surface area contributed by atoms with Crippen molar-refractivity contribution < 1.29 is 19.1 Å². The largest absolute Gasteiger partial charge is 0.494 e. The van der Waals surface area contributed by atoms with E-state index in [1.165, 1.54) is 18.9 Å². The Balaban J connectivity index is 2.70. The van der Waals surface area contributed by atoms with Crippen molar-refractivity contribution in [2.45, 2.75) is 39.2 Å². The minimum atomic E-state index is -0.528. The van der Waals surface area contributed by atoms with E-state index in [9.17, 15) is 9.59 Å². The third-order valence-electron chi connectivity index (χ3n) is 3.52. The fourth-order valence-corrected chi connectivity index (χ4v) is 2.10. The maximum Gasteiger partial charge on any atom is 0.409 e. The first-order chi connectivity index (χ1) is 10.5. The van der Waals surface area contributed by atoms with Crippen LogP contribution in [0.3, 0.4) is 0 Å². The number of nitrogens with zero attached hydrogens (tertiary/aromatic N) is 1. The Hall–Kier alpha value is -2.04. The third kappa shape index (κ3) is 5.39. The molecule has 0 aliphatic heterocycles. The zero-order valence-electron chi connectivity index (χ0n) is 13.8. The highest BCUT2D eigenvalue weighted by molar-refractivity contribution is 5.85. The number of hydrogen-bond donors (Lipinski definition) is 0. The number of benzene rings is 1. The molecular weight excluding hydrogens is 282 g/mol. The molecule has 5 heteroatoms. The van der Waals surface area contributed by atoms with E-state index in [4.69, 9.17) is 4.74 Å². The first-order valence-corrected chi connectivity index (χ1v) is 7.52. The first-order valence-electron chi connectivity index (χ1n) is 7.52. The molecule has 0 fully saturated rings. The van der Waals surface area contributed by atoms with E-state index in [-0.39, 0.29) is 5.78 Å². The van der Waals surface area contributed by atoms with E-state index in [0.29, 0.717) is 13.0 Å².